The van der Waals surface area contributed by atoms with Crippen LogP contribution >= 0.6 is 0 Å². The number of carbonyl (C=O) groups excluding carboxylic acids is 4. The normalized spacial score (nSPS) is 30.1. The number of hydrogen-bond acceptors (Lipinski definition) is 6. The maximum Gasteiger partial charge on any atom is 0.418 e. The van der Waals surface area contributed by atoms with Gasteiger partial charge in [0.2, 0.25) is 11.5 Å². The van der Waals surface area contributed by atoms with Crippen LogP contribution in [-0.4, -0.2) is 89.9 Å². The van der Waals surface area contributed by atoms with Crippen LogP contribution in [0.15, 0.2) is 18.2 Å². The van der Waals surface area contributed by atoms with E-state index in [9.17, 15) is 28.0 Å². The summed E-state index contributed by atoms with van der Waals surface area (Å²) in [5, 5.41) is 5.18. The molecule has 3 atom stereocenters. The fraction of sp³-hybridized carbons (Fsp3) is 0.643. The van der Waals surface area contributed by atoms with E-state index in [-0.39, 0.29) is 36.9 Å². The largest absolute Gasteiger partial charge is 0.427 e. The quantitative estimate of drug-likeness (QED) is 0.574. The van der Waals surface area contributed by atoms with Gasteiger partial charge in [0.1, 0.15) is 6.54 Å². The number of hydrogen-bond donors (Lipinski definition) is 2. The summed E-state index contributed by atoms with van der Waals surface area (Å²) in [4.78, 5) is 56.6. The monoisotopic (exact) mass is 559 g/mol. The first-order valence-electron chi connectivity index (χ1n) is 14.1. The van der Waals surface area contributed by atoms with Crippen molar-refractivity contribution < 1.29 is 32.7 Å². The van der Waals surface area contributed by atoms with E-state index in [1.54, 1.807) is 23.1 Å². The molecule has 1 aromatic rings. The van der Waals surface area contributed by atoms with Gasteiger partial charge in [-0.05, 0) is 69.8 Å². The molecule has 12 heteroatoms. The van der Waals surface area contributed by atoms with Gasteiger partial charge >= 0.3 is 12.1 Å². The van der Waals surface area contributed by atoms with E-state index < -0.39 is 35.5 Å². The maximum atomic E-state index is 13.8. The van der Waals surface area contributed by atoms with E-state index in [0.717, 1.165) is 23.3 Å². The summed E-state index contributed by atoms with van der Waals surface area (Å²) >= 11 is 0. The number of likely N-dealkylation sites (tertiary alicyclic amines) is 2. The van der Waals surface area contributed by atoms with Crippen LogP contribution in [0.5, 0.6) is 0 Å². The highest BCUT2D eigenvalue weighted by atomic mass is 19.3. The Balaban J connectivity index is 1.12. The molecule has 3 saturated heterocycles. The topological polar surface area (TPSA) is 111 Å². The van der Waals surface area contributed by atoms with Gasteiger partial charge in [-0.3, -0.25) is 9.59 Å². The predicted octanol–water partition coefficient (Wildman–Crippen LogP) is 3.06. The average molecular weight is 560 g/mol. The summed E-state index contributed by atoms with van der Waals surface area (Å²) in [6.45, 7) is 3.32. The number of ether oxygens (including phenoxy) is 1. The molecule has 40 heavy (non-hydrogen) atoms. The van der Waals surface area contributed by atoms with Gasteiger partial charge in [0, 0.05) is 55.2 Å². The van der Waals surface area contributed by atoms with E-state index >= 15 is 0 Å². The van der Waals surface area contributed by atoms with Crippen LogP contribution in [0.3, 0.4) is 0 Å². The zero-order chi connectivity index (χ0) is 28.4. The van der Waals surface area contributed by atoms with E-state index in [1.807, 2.05) is 6.92 Å². The number of piperidine rings is 1. The van der Waals surface area contributed by atoms with Crippen molar-refractivity contribution in [3.63, 3.8) is 0 Å². The molecule has 5 aliphatic rings. The van der Waals surface area contributed by atoms with Gasteiger partial charge in [0.25, 0.3) is 11.8 Å². The first-order valence-corrected chi connectivity index (χ1v) is 14.1. The van der Waals surface area contributed by atoms with Crippen LogP contribution in [0, 0.1) is 5.41 Å². The molecule has 1 saturated carbocycles. The summed E-state index contributed by atoms with van der Waals surface area (Å²) in [5.74, 6) is -3.41. The number of aryl methyl sites for hydroxylation is 1. The third-order valence-electron chi connectivity index (χ3n) is 9.70. The Morgan fingerprint density at radius 3 is 2.52 bits per heavy atom. The van der Waals surface area contributed by atoms with Gasteiger partial charge in [-0.15, -0.1) is 0 Å². The van der Waals surface area contributed by atoms with Crippen molar-refractivity contribution in [3.8, 4) is 0 Å². The van der Waals surface area contributed by atoms with Crippen molar-refractivity contribution in [2.24, 2.45) is 5.41 Å². The average Bonchev–Trinajstić information content (AvgIpc) is 3.22. The molecule has 216 valence electrons. The van der Waals surface area contributed by atoms with E-state index in [1.165, 1.54) is 7.05 Å². The third kappa shape index (κ3) is 4.22. The minimum absolute atomic E-state index is 0.0150. The van der Waals surface area contributed by atoms with Crippen molar-refractivity contribution in [1.29, 1.82) is 0 Å². The molecule has 2 N–H and O–H groups in total. The number of nitrogens with zero attached hydrogens (tertiary/aromatic N) is 3. The van der Waals surface area contributed by atoms with Crippen molar-refractivity contribution in [3.05, 3.63) is 29.3 Å². The first-order chi connectivity index (χ1) is 19.0. The lowest BCUT2D eigenvalue weighted by Gasteiger charge is -2.37. The van der Waals surface area contributed by atoms with Crippen molar-refractivity contribution in [2.45, 2.75) is 75.5 Å². The number of amides is 5. The molecule has 3 heterocycles. The van der Waals surface area contributed by atoms with Crippen LogP contribution < -0.4 is 10.6 Å². The molecule has 6 rings (SSSR count). The predicted molar refractivity (Wildman–Crippen MR) is 140 cm³/mol. The molecule has 2 spiro atoms. The maximum absolute atomic E-state index is 13.8. The van der Waals surface area contributed by atoms with Crippen LogP contribution in [0.2, 0.25) is 0 Å². The summed E-state index contributed by atoms with van der Waals surface area (Å²) in [5.41, 5.74) is -0.371. The van der Waals surface area contributed by atoms with Gasteiger partial charge in [-0.2, -0.15) is 0 Å². The minimum atomic E-state index is -2.54. The smallest absolute Gasteiger partial charge is 0.418 e. The number of anilines is 1. The number of rotatable bonds is 5. The van der Waals surface area contributed by atoms with Crippen LogP contribution in [0.4, 0.5) is 24.1 Å². The number of benzene rings is 1. The lowest BCUT2D eigenvalue weighted by atomic mass is 9.92. The molecule has 3 aliphatic heterocycles. The highest BCUT2D eigenvalue weighted by Gasteiger charge is 2.70. The summed E-state index contributed by atoms with van der Waals surface area (Å²) in [7, 11) is 1.51. The van der Waals surface area contributed by atoms with Gasteiger partial charge in [-0.25, -0.2) is 23.3 Å². The molecule has 5 amide bonds. The lowest BCUT2D eigenvalue weighted by molar-refractivity contribution is -0.143. The van der Waals surface area contributed by atoms with Crippen molar-refractivity contribution in [1.82, 2.24) is 20.0 Å². The highest BCUT2D eigenvalue weighted by Crippen LogP contribution is 2.65. The number of fused-ring (bicyclic) bond motifs is 2. The SMILES string of the molecule is CNC(=O)Nc1ccc2c(c1)CCC21OC(=O)N(CC(=O)N2C(CN3CCC4(CC3)CC4(F)F)CC[C@@H]2C)C1=O. The Hall–Kier alpha value is -3.28. The molecule has 0 bridgehead atoms. The fourth-order valence-electron chi connectivity index (χ4n) is 7.23. The van der Waals surface area contributed by atoms with Crippen LogP contribution in [-0.2, 0) is 26.3 Å². The molecular weight excluding hydrogens is 524 g/mol. The Bertz CT molecular complexity index is 1270. The number of imide groups is 1. The molecule has 2 unspecified atom stereocenters. The highest BCUT2D eigenvalue weighted by molar-refractivity contribution is 6.06. The molecule has 0 radical (unpaired) electrons. The van der Waals surface area contributed by atoms with E-state index in [2.05, 4.69) is 15.5 Å². The molecule has 1 aromatic carbocycles. The Morgan fingerprint density at radius 1 is 1.12 bits per heavy atom. The summed E-state index contributed by atoms with van der Waals surface area (Å²) in [6, 6.07) is 4.57. The van der Waals surface area contributed by atoms with Crippen LogP contribution in [0.1, 0.15) is 56.6 Å². The molecule has 2 aliphatic carbocycles. The standard InChI is InChI=1S/C28H35F2N5O5/c1-17-3-5-20(14-33-11-9-26(10-12-33)16-28(26,29)30)35(17)22(36)15-34-23(37)27(40-25(34)39)8-7-18-13-19(4-6-21(18)27)32-24(38)31-2/h4,6,13,17,20H,3,5,7-12,14-16H2,1-2H3,(H2,31,32,38)/t17-,20?,27?/m0/s1. The molecular formula is C28H35F2N5O5. The minimum Gasteiger partial charge on any atom is -0.427 e. The van der Waals surface area contributed by atoms with E-state index in [0.29, 0.717) is 50.1 Å². The van der Waals surface area contributed by atoms with Gasteiger partial charge in [0.15, 0.2) is 0 Å². The number of urea groups is 1. The van der Waals surface area contributed by atoms with Gasteiger partial charge in [-0.1, -0.05) is 6.07 Å². The Kier molecular flexibility index (Phi) is 6.32. The van der Waals surface area contributed by atoms with Gasteiger partial charge in [0.05, 0.1) is 0 Å². The number of carbonyl (C=O) groups is 4. The second-order valence-corrected chi connectivity index (χ2v) is 12.0. The first kappa shape index (κ1) is 26.9. The second-order valence-electron chi connectivity index (χ2n) is 12.0. The third-order valence-corrected chi connectivity index (χ3v) is 9.70. The molecule has 0 aromatic heterocycles. The molecule has 4 fully saturated rings. The van der Waals surface area contributed by atoms with Crippen LogP contribution in [0.25, 0.3) is 0 Å². The lowest BCUT2D eigenvalue weighted by Crippen LogP contribution is -2.51. The number of halogens is 2. The van der Waals surface area contributed by atoms with Crippen molar-refractivity contribution in [2.75, 3.05) is 38.5 Å². The number of alkyl halides is 2. The zero-order valence-electron chi connectivity index (χ0n) is 22.8. The fourth-order valence-corrected chi connectivity index (χ4v) is 7.23. The summed E-state index contributed by atoms with van der Waals surface area (Å²) < 4.78 is 33.3. The van der Waals surface area contributed by atoms with Crippen molar-refractivity contribution >= 4 is 29.6 Å². The van der Waals surface area contributed by atoms with Gasteiger partial charge < -0.3 is 25.2 Å². The molecule has 10 nitrogen and oxygen atoms in total. The second kappa shape index (κ2) is 9.39. The van der Waals surface area contributed by atoms with E-state index in [4.69, 9.17) is 4.74 Å². The number of nitrogens with one attached hydrogen (secondary N) is 2. The zero-order valence-corrected chi connectivity index (χ0v) is 22.8. The Morgan fingerprint density at radius 2 is 1.85 bits per heavy atom. The Labute approximate surface area is 231 Å². The summed E-state index contributed by atoms with van der Waals surface area (Å²) in [6.07, 6.45) is 2.41.